The zero-order valence-electron chi connectivity index (χ0n) is 6.66. The van der Waals surface area contributed by atoms with Crippen LogP contribution in [0.25, 0.3) is 0 Å². The molecule has 0 radical (unpaired) electrons. The number of amides is 1. The predicted molar refractivity (Wildman–Crippen MR) is 50.5 cm³/mol. The second-order valence-corrected chi connectivity index (χ2v) is 4.59. The topological polar surface area (TPSA) is 20.3 Å². The van der Waals surface area contributed by atoms with Crippen LogP contribution in [0.5, 0.6) is 0 Å². The van der Waals surface area contributed by atoms with E-state index in [-0.39, 0.29) is 5.91 Å². The van der Waals surface area contributed by atoms with E-state index in [1.54, 1.807) is 4.90 Å². The summed E-state index contributed by atoms with van der Waals surface area (Å²) in [5.74, 6) is 0.109. The average Bonchev–Trinajstić information content (AvgIpc) is 2.41. The molecule has 1 heterocycles. The van der Waals surface area contributed by atoms with E-state index in [1.807, 2.05) is 24.3 Å². The third-order valence-corrected chi connectivity index (χ3v) is 4.08. The van der Waals surface area contributed by atoms with E-state index < -0.39 is 0 Å². The first-order valence-electron chi connectivity index (χ1n) is 3.77. The molecule has 0 fully saturated rings. The van der Waals surface area contributed by atoms with E-state index in [9.17, 15) is 4.79 Å². The van der Waals surface area contributed by atoms with Crippen molar-refractivity contribution in [3.05, 3.63) is 35.4 Å². The Morgan fingerprint density at radius 1 is 1.31 bits per heavy atom. The predicted octanol–water partition coefficient (Wildman–Crippen LogP) is 1.52. The molecule has 0 saturated carbocycles. The molecule has 66 valence electrons. The number of carbonyl (C=O) groups excluding carboxylic acids is 1. The van der Waals surface area contributed by atoms with Gasteiger partial charge in [0.1, 0.15) is 0 Å². The number of hydrogen-bond acceptors (Lipinski definition) is 1. The number of fused-ring (bicyclic) bond motifs is 1. The third-order valence-electron chi connectivity index (χ3n) is 2.00. The maximum atomic E-state index is 11.7. The molecule has 0 saturated heterocycles. The molecule has 0 aromatic heterocycles. The van der Waals surface area contributed by atoms with Crippen LogP contribution in [0.3, 0.4) is 0 Å². The molecule has 1 aromatic rings. The molecule has 0 bridgehead atoms. The van der Waals surface area contributed by atoms with Gasteiger partial charge in [0.2, 0.25) is 0 Å². The minimum absolute atomic E-state index is 0.109. The van der Waals surface area contributed by atoms with Crippen molar-refractivity contribution in [1.29, 1.82) is 0 Å². The van der Waals surface area contributed by atoms with Crippen LogP contribution in [0, 0.1) is 0 Å². The summed E-state index contributed by atoms with van der Waals surface area (Å²) in [6.45, 7) is 0. The SMILES string of the molecule is O=C1c2ccccc2[C](=[W])N1CBr. The number of rotatable bonds is 1. The molecule has 0 unspecified atom stereocenters. The van der Waals surface area contributed by atoms with Gasteiger partial charge in [-0.05, 0) is 0 Å². The van der Waals surface area contributed by atoms with Crippen LogP contribution >= 0.6 is 15.9 Å². The third kappa shape index (κ3) is 1.34. The van der Waals surface area contributed by atoms with E-state index in [1.165, 1.54) is 19.4 Å². The Labute approximate surface area is 95.5 Å². The van der Waals surface area contributed by atoms with Crippen molar-refractivity contribution in [2.24, 2.45) is 0 Å². The fraction of sp³-hybridized carbons (Fsp3) is 0.111. The van der Waals surface area contributed by atoms with Gasteiger partial charge in [-0.3, -0.25) is 0 Å². The molecule has 2 nitrogen and oxygen atoms in total. The van der Waals surface area contributed by atoms with Gasteiger partial charge >= 0.3 is 95.8 Å². The first kappa shape index (κ1) is 9.29. The summed E-state index contributed by atoms with van der Waals surface area (Å²) in [6.07, 6.45) is 0. The van der Waals surface area contributed by atoms with E-state index in [4.69, 9.17) is 0 Å². The number of nitrogens with zero attached hydrogens (tertiary/aromatic N) is 1. The van der Waals surface area contributed by atoms with Crippen LogP contribution in [0.1, 0.15) is 15.9 Å². The number of carbonyl (C=O) groups is 1. The number of halogens is 1. The van der Waals surface area contributed by atoms with Crippen molar-refractivity contribution in [2.75, 3.05) is 5.45 Å². The Kier molecular flexibility index (Phi) is 2.48. The Morgan fingerprint density at radius 2 is 1.92 bits per heavy atom. The van der Waals surface area contributed by atoms with Crippen molar-refractivity contribution in [1.82, 2.24) is 4.90 Å². The molecule has 2 rings (SSSR count). The second-order valence-electron chi connectivity index (χ2n) is 2.70. The van der Waals surface area contributed by atoms with E-state index in [2.05, 4.69) is 15.9 Å². The van der Waals surface area contributed by atoms with Gasteiger partial charge < -0.3 is 0 Å². The van der Waals surface area contributed by atoms with Gasteiger partial charge in [-0.2, -0.15) is 0 Å². The van der Waals surface area contributed by atoms with Crippen LogP contribution < -0.4 is 0 Å². The van der Waals surface area contributed by atoms with Gasteiger partial charge in [0.15, 0.2) is 0 Å². The van der Waals surface area contributed by atoms with Crippen LogP contribution in [-0.4, -0.2) is 20.3 Å². The molecule has 0 atom stereocenters. The van der Waals surface area contributed by atoms with Gasteiger partial charge in [-0.25, -0.2) is 0 Å². The summed E-state index contributed by atoms with van der Waals surface area (Å²) in [5, 5.41) is 0. The summed E-state index contributed by atoms with van der Waals surface area (Å²) >= 11 is 4.64. The molecule has 1 amide bonds. The van der Waals surface area contributed by atoms with Crippen LogP contribution in [0.4, 0.5) is 0 Å². The van der Waals surface area contributed by atoms with Crippen LogP contribution in [-0.2, 0) is 19.4 Å². The number of alkyl halides is 1. The molecule has 1 aromatic carbocycles. The van der Waals surface area contributed by atoms with Gasteiger partial charge in [0.05, 0.1) is 0 Å². The summed E-state index contributed by atoms with van der Waals surface area (Å²) in [4.78, 5) is 13.5. The first-order chi connectivity index (χ1) is 6.25. The van der Waals surface area contributed by atoms with Crippen LogP contribution in [0.15, 0.2) is 24.3 Å². The first-order valence-corrected chi connectivity index (χ1v) is 6.35. The van der Waals surface area contributed by atoms with E-state index in [0.29, 0.717) is 5.45 Å². The van der Waals surface area contributed by atoms with Gasteiger partial charge in [-0.15, -0.1) is 0 Å². The van der Waals surface area contributed by atoms with Crippen LogP contribution in [0.2, 0.25) is 0 Å². The molecule has 1 aliphatic rings. The Balaban J connectivity index is 2.57. The normalized spacial score (nSPS) is 15.0. The van der Waals surface area contributed by atoms with Crippen molar-refractivity contribution in [3.63, 3.8) is 0 Å². The van der Waals surface area contributed by atoms with Gasteiger partial charge in [-0.1, -0.05) is 0 Å². The molecule has 0 N–H and O–H groups in total. The quantitative estimate of drug-likeness (QED) is 0.510. The van der Waals surface area contributed by atoms with Crippen molar-refractivity contribution in [2.45, 2.75) is 0 Å². The Bertz CT molecular complexity index is 356. The fourth-order valence-corrected chi connectivity index (χ4v) is 3.65. The summed E-state index contributed by atoms with van der Waals surface area (Å²) in [6, 6.07) is 7.74. The van der Waals surface area contributed by atoms with E-state index >= 15 is 0 Å². The number of hydrogen-bond donors (Lipinski definition) is 0. The molecule has 0 spiro atoms. The zero-order valence-corrected chi connectivity index (χ0v) is 11.2. The van der Waals surface area contributed by atoms with Crippen molar-refractivity contribution in [3.8, 4) is 0 Å². The standard InChI is InChI=1S/C9H6BrNO.W/c10-6-11-5-7-3-1-2-4-8(7)9(11)12;/h1-4H,6H2;. The molecular weight excluding hydrogens is 402 g/mol. The molecule has 1 aliphatic heterocycles. The fourth-order valence-electron chi connectivity index (χ4n) is 1.35. The zero-order chi connectivity index (χ0) is 9.42. The molecule has 4 heteroatoms. The number of benzene rings is 1. The van der Waals surface area contributed by atoms with Gasteiger partial charge in [0, 0.05) is 0 Å². The van der Waals surface area contributed by atoms with E-state index in [0.717, 1.165) is 15.1 Å². The monoisotopic (exact) mass is 407 g/mol. The van der Waals surface area contributed by atoms with Crippen molar-refractivity contribution >= 4 is 25.9 Å². The summed E-state index contributed by atoms with van der Waals surface area (Å²) < 4.78 is 1.11. The van der Waals surface area contributed by atoms with Crippen molar-refractivity contribution < 1.29 is 24.1 Å². The molecule has 0 aliphatic carbocycles. The Morgan fingerprint density at radius 3 is 2.46 bits per heavy atom. The summed E-state index contributed by atoms with van der Waals surface area (Å²) in [7, 11) is 0. The molecule has 13 heavy (non-hydrogen) atoms. The average molecular weight is 408 g/mol. The Hall–Kier alpha value is -0.272. The molecular formula is C9H6BrNOW. The maximum absolute atomic E-state index is 11.7. The second kappa shape index (κ2) is 3.47. The minimum atomic E-state index is 0.109. The summed E-state index contributed by atoms with van der Waals surface area (Å²) in [5.41, 5.74) is 2.49. The van der Waals surface area contributed by atoms with Gasteiger partial charge in [0.25, 0.3) is 0 Å².